The third kappa shape index (κ3) is 4.69. The normalized spacial score (nSPS) is 15.6. The van der Waals surface area contributed by atoms with Crippen LogP contribution in [0.25, 0.3) is 0 Å². The third-order valence-corrected chi connectivity index (χ3v) is 3.78. The average Bonchev–Trinajstić information content (AvgIpc) is 2.58. The predicted octanol–water partition coefficient (Wildman–Crippen LogP) is -0.0283. The SMILES string of the molecule is NC(=O)CC[C@H](NC(=O)c1ccccc1N1CCOCC1)C(=O)O. The van der Waals surface area contributed by atoms with Gasteiger partial charge in [-0.2, -0.15) is 0 Å². The lowest BCUT2D eigenvalue weighted by molar-refractivity contribution is -0.139. The van der Waals surface area contributed by atoms with Crippen molar-refractivity contribution in [1.82, 2.24) is 5.32 Å². The Bertz CT molecular complexity index is 613. The Kier molecular flexibility index (Phi) is 6.14. The molecule has 1 saturated heterocycles. The van der Waals surface area contributed by atoms with E-state index in [0.717, 1.165) is 5.69 Å². The molecule has 2 rings (SSSR count). The summed E-state index contributed by atoms with van der Waals surface area (Å²) in [5, 5.41) is 11.7. The van der Waals surface area contributed by atoms with Crippen molar-refractivity contribution >= 4 is 23.5 Å². The number of nitrogens with two attached hydrogens (primary N) is 1. The van der Waals surface area contributed by atoms with E-state index in [9.17, 15) is 19.5 Å². The molecular formula is C16H21N3O5. The molecule has 1 aromatic carbocycles. The summed E-state index contributed by atoms with van der Waals surface area (Å²) >= 11 is 0. The minimum absolute atomic E-state index is 0.0455. The Hall–Kier alpha value is -2.61. The van der Waals surface area contributed by atoms with E-state index in [0.29, 0.717) is 31.9 Å². The van der Waals surface area contributed by atoms with E-state index in [1.165, 1.54) is 0 Å². The Balaban J connectivity index is 2.13. The zero-order chi connectivity index (χ0) is 17.5. The number of primary amides is 1. The van der Waals surface area contributed by atoms with E-state index in [1.807, 2.05) is 17.0 Å². The molecule has 0 aromatic heterocycles. The molecule has 4 N–H and O–H groups in total. The highest BCUT2D eigenvalue weighted by molar-refractivity contribution is 6.01. The highest BCUT2D eigenvalue weighted by Gasteiger charge is 2.24. The number of hydrogen-bond donors (Lipinski definition) is 3. The van der Waals surface area contributed by atoms with Crippen LogP contribution in [-0.4, -0.2) is 55.2 Å². The Labute approximate surface area is 139 Å². The minimum Gasteiger partial charge on any atom is -0.480 e. The van der Waals surface area contributed by atoms with Gasteiger partial charge >= 0.3 is 5.97 Å². The molecule has 1 aliphatic rings. The molecule has 0 spiro atoms. The number of morpholine rings is 1. The lowest BCUT2D eigenvalue weighted by Gasteiger charge is -2.30. The van der Waals surface area contributed by atoms with Gasteiger partial charge in [0.15, 0.2) is 0 Å². The maximum atomic E-state index is 12.5. The Morgan fingerprint density at radius 2 is 1.92 bits per heavy atom. The van der Waals surface area contributed by atoms with Crippen molar-refractivity contribution < 1.29 is 24.2 Å². The molecule has 1 aromatic rings. The minimum atomic E-state index is -1.20. The van der Waals surface area contributed by atoms with Crippen molar-refractivity contribution in [3.63, 3.8) is 0 Å². The monoisotopic (exact) mass is 335 g/mol. The summed E-state index contributed by atoms with van der Waals surface area (Å²) in [6.45, 7) is 2.47. The number of nitrogens with zero attached hydrogens (tertiary/aromatic N) is 1. The van der Waals surface area contributed by atoms with E-state index in [4.69, 9.17) is 10.5 Å². The number of para-hydroxylation sites is 1. The van der Waals surface area contributed by atoms with Crippen LogP contribution in [-0.2, 0) is 14.3 Å². The molecule has 0 unspecified atom stereocenters. The molecule has 1 fully saturated rings. The summed E-state index contributed by atoms with van der Waals surface area (Å²) < 4.78 is 5.31. The van der Waals surface area contributed by atoms with Crippen LogP contribution in [0.1, 0.15) is 23.2 Å². The smallest absolute Gasteiger partial charge is 0.326 e. The highest BCUT2D eigenvalue weighted by Crippen LogP contribution is 2.21. The van der Waals surface area contributed by atoms with E-state index in [1.54, 1.807) is 12.1 Å². The number of carboxylic acid groups (broad SMARTS) is 1. The van der Waals surface area contributed by atoms with Crippen LogP contribution in [0, 0.1) is 0 Å². The van der Waals surface area contributed by atoms with Crippen LogP contribution in [0.3, 0.4) is 0 Å². The van der Waals surface area contributed by atoms with Gasteiger partial charge in [-0.15, -0.1) is 0 Å². The van der Waals surface area contributed by atoms with Crippen molar-refractivity contribution in [2.24, 2.45) is 5.73 Å². The number of aliphatic carboxylic acids is 1. The molecule has 8 heteroatoms. The lowest BCUT2D eigenvalue weighted by Crippen LogP contribution is -2.42. The van der Waals surface area contributed by atoms with Gasteiger partial charge in [0.05, 0.1) is 18.8 Å². The maximum absolute atomic E-state index is 12.5. The molecule has 0 saturated carbocycles. The van der Waals surface area contributed by atoms with Crippen LogP contribution in [0.5, 0.6) is 0 Å². The average molecular weight is 335 g/mol. The van der Waals surface area contributed by atoms with Crippen LogP contribution in [0.4, 0.5) is 5.69 Å². The van der Waals surface area contributed by atoms with Gasteiger partial charge < -0.3 is 25.8 Å². The van der Waals surface area contributed by atoms with Crippen molar-refractivity contribution in [2.75, 3.05) is 31.2 Å². The van der Waals surface area contributed by atoms with Crippen molar-refractivity contribution in [3.05, 3.63) is 29.8 Å². The third-order valence-electron chi connectivity index (χ3n) is 3.78. The van der Waals surface area contributed by atoms with Crippen LogP contribution in [0.15, 0.2) is 24.3 Å². The largest absolute Gasteiger partial charge is 0.480 e. The number of carbonyl (C=O) groups is 3. The second kappa shape index (κ2) is 8.30. The zero-order valence-corrected chi connectivity index (χ0v) is 13.2. The number of rotatable bonds is 7. The standard InChI is InChI=1S/C16H21N3O5/c17-14(20)6-5-12(16(22)23)18-15(21)11-3-1-2-4-13(11)19-7-9-24-10-8-19/h1-4,12H,5-10H2,(H2,17,20)(H,18,21)(H,22,23)/t12-/m0/s1. The molecule has 1 atom stereocenters. The molecule has 0 aliphatic carbocycles. The summed E-state index contributed by atoms with van der Waals surface area (Å²) in [7, 11) is 0. The molecule has 1 heterocycles. The topological polar surface area (TPSA) is 122 Å². The van der Waals surface area contributed by atoms with Gasteiger partial charge in [-0.25, -0.2) is 4.79 Å². The molecule has 130 valence electrons. The maximum Gasteiger partial charge on any atom is 0.326 e. The summed E-state index contributed by atoms with van der Waals surface area (Å²) in [6.07, 6.45) is -0.154. The van der Waals surface area contributed by atoms with Crippen molar-refractivity contribution in [2.45, 2.75) is 18.9 Å². The van der Waals surface area contributed by atoms with Crippen LogP contribution in [0.2, 0.25) is 0 Å². The molecule has 24 heavy (non-hydrogen) atoms. The van der Waals surface area contributed by atoms with Gasteiger partial charge in [-0.1, -0.05) is 12.1 Å². The second-order valence-electron chi connectivity index (χ2n) is 5.49. The van der Waals surface area contributed by atoms with Gasteiger partial charge in [-0.3, -0.25) is 9.59 Å². The molecule has 0 bridgehead atoms. The molecule has 1 aliphatic heterocycles. The van der Waals surface area contributed by atoms with E-state index in [2.05, 4.69) is 5.32 Å². The highest BCUT2D eigenvalue weighted by atomic mass is 16.5. The quantitative estimate of drug-likeness (QED) is 0.643. The lowest BCUT2D eigenvalue weighted by atomic mass is 10.1. The predicted molar refractivity (Wildman–Crippen MR) is 86.8 cm³/mol. The summed E-state index contributed by atoms with van der Waals surface area (Å²) in [6, 6.07) is 5.84. The van der Waals surface area contributed by atoms with Gasteiger partial charge in [0.1, 0.15) is 6.04 Å². The van der Waals surface area contributed by atoms with E-state index in [-0.39, 0.29) is 12.8 Å². The fourth-order valence-electron chi connectivity index (χ4n) is 2.53. The number of amides is 2. The fraction of sp³-hybridized carbons (Fsp3) is 0.438. The first-order valence-corrected chi connectivity index (χ1v) is 7.72. The van der Waals surface area contributed by atoms with E-state index < -0.39 is 23.8 Å². The fourth-order valence-corrected chi connectivity index (χ4v) is 2.53. The van der Waals surface area contributed by atoms with Crippen LogP contribution < -0.4 is 16.0 Å². The summed E-state index contributed by atoms with van der Waals surface area (Å²) in [4.78, 5) is 36.7. The van der Waals surface area contributed by atoms with Gasteiger partial charge in [-0.05, 0) is 18.6 Å². The number of hydrogen-bond acceptors (Lipinski definition) is 5. The first kappa shape index (κ1) is 17.7. The zero-order valence-electron chi connectivity index (χ0n) is 13.2. The second-order valence-corrected chi connectivity index (χ2v) is 5.49. The number of carbonyl (C=O) groups excluding carboxylic acids is 2. The number of carboxylic acids is 1. The van der Waals surface area contributed by atoms with Gasteiger partial charge in [0.25, 0.3) is 5.91 Å². The Morgan fingerprint density at radius 1 is 1.25 bits per heavy atom. The number of nitrogens with one attached hydrogen (secondary N) is 1. The first-order valence-electron chi connectivity index (χ1n) is 7.72. The first-order chi connectivity index (χ1) is 11.5. The van der Waals surface area contributed by atoms with Gasteiger partial charge in [0, 0.05) is 25.2 Å². The molecule has 8 nitrogen and oxygen atoms in total. The number of ether oxygens (including phenoxy) is 1. The van der Waals surface area contributed by atoms with Crippen molar-refractivity contribution in [3.8, 4) is 0 Å². The molecule has 2 amide bonds. The van der Waals surface area contributed by atoms with Crippen molar-refractivity contribution in [1.29, 1.82) is 0 Å². The molecule has 0 radical (unpaired) electrons. The van der Waals surface area contributed by atoms with Crippen LogP contribution >= 0.6 is 0 Å². The number of benzene rings is 1. The number of anilines is 1. The molecular weight excluding hydrogens is 314 g/mol. The summed E-state index contributed by atoms with van der Waals surface area (Å²) in [5.74, 6) is -2.30. The Morgan fingerprint density at radius 3 is 2.54 bits per heavy atom. The summed E-state index contributed by atoms with van der Waals surface area (Å²) in [5.41, 5.74) is 6.17. The van der Waals surface area contributed by atoms with Gasteiger partial charge in [0.2, 0.25) is 5.91 Å². The van der Waals surface area contributed by atoms with E-state index >= 15 is 0 Å².